The maximum atomic E-state index is 11.9. The van der Waals surface area contributed by atoms with Gasteiger partial charge in [0.25, 0.3) is 5.91 Å². The molecule has 1 unspecified atom stereocenters. The highest BCUT2D eigenvalue weighted by atomic mass is 32.1. The quantitative estimate of drug-likeness (QED) is 0.916. The molecule has 0 saturated carbocycles. The molecule has 1 aliphatic heterocycles. The van der Waals surface area contributed by atoms with Crippen LogP contribution in [0, 0.1) is 6.92 Å². The van der Waals surface area contributed by atoms with Gasteiger partial charge < -0.3 is 10.1 Å². The minimum atomic E-state index is -0.0620. The predicted octanol–water partition coefficient (Wildman–Crippen LogP) is 2.53. The summed E-state index contributed by atoms with van der Waals surface area (Å²) in [5, 5.41) is 4.72. The lowest BCUT2D eigenvalue weighted by Gasteiger charge is -2.36. The van der Waals surface area contributed by atoms with Crippen LogP contribution in [0.4, 0.5) is 0 Å². The van der Waals surface area contributed by atoms with Crippen molar-refractivity contribution in [3.05, 3.63) is 16.6 Å². The van der Waals surface area contributed by atoms with Gasteiger partial charge in [-0.15, -0.1) is 0 Å². The largest absolute Gasteiger partial charge is 0.371 e. The van der Waals surface area contributed by atoms with Crippen molar-refractivity contribution in [2.24, 2.45) is 0 Å². The normalized spacial score (nSPS) is 22.7. The topological polar surface area (TPSA) is 51.2 Å². The van der Waals surface area contributed by atoms with E-state index in [1.165, 1.54) is 11.5 Å². The summed E-state index contributed by atoms with van der Waals surface area (Å²) in [7, 11) is 0. The Morgan fingerprint density at radius 2 is 2.44 bits per heavy atom. The Morgan fingerprint density at radius 1 is 1.67 bits per heavy atom. The summed E-state index contributed by atoms with van der Waals surface area (Å²) in [5.74, 6) is -0.0479. The van der Waals surface area contributed by atoms with Crippen LogP contribution < -0.4 is 5.32 Å². The maximum Gasteiger partial charge on any atom is 0.254 e. The van der Waals surface area contributed by atoms with E-state index in [0.717, 1.165) is 25.0 Å². The van der Waals surface area contributed by atoms with Crippen molar-refractivity contribution in [3.63, 3.8) is 0 Å². The second kappa shape index (κ2) is 5.36. The molecule has 0 aliphatic carbocycles. The highest BCUT2D eigenvalue weighted by Gasteiger charge is 2.28. The van der Waals surface area contributed by atoms with E-state index < -0.39 is 0 Å². The number of amides is 1. The van der Waals surface area contributed by atoms with Gasteiger partial charge in [0.05, 0.1) is 23.0 Å². The van der Waals surface area contributed by atoms with Crippen LogP contribution in [0.2, 0.25) is 0 Å². The molecule has 1 amide bonds. The Hall–Kier alpha value is -0.940. The number of hydrogen-bond donors (Lipinski definition) is 1. The Balaban J connectivity index is 1.85. The SMILES string of the molecule is Cc1nscc1C(=O)NCC1CCCC(C)(C)O1. The summed E-state index contributed by atoms with van der Waals surface area (Å²) in [6.45, 7) is 6.64. The lowest BCUT2D eigenvalue weighted by Crippen LogP contribution is -2.42. The number of aromatic nitrogens is 1. The van der Waals surface area contributed by atoms with Crippen LogP contribution in [0.15, 0.2) is 5.38 Å². The molecule has 100 valence electrons. The molecule has 0 spiro atoms. The average Bonchev–Trinajstić information content (AvgIpc) is 2.71. The molecule has 0 bridgehead atoms. The van der Waals surface area contributed by atoms with Gasteiger partial charge in [-0.2, -0.15) is 4.37 Å². The van der Waals surface area contributed by atoms with Crippen molar-refractivity contribution in [2.45, 2.75) is 51.7 Å². The molecular formula is C13H20N2O2S. The molecule has 18 heavy (non-hydrogen) atoms. The Bertz CT molecular complexity index is 428. The number of rotatable bonds is 3. The van der Waals surface area contributed by atoms with Gasteiger partial charge in [0, 0.05) is 11.9 Å². The fourth-order valence-electron chi connectivity index (χ4n) is 2.28. The first-order valence-corrected chi connectivity index (χ1v) is 7.18. The van der Waals surface area contributed by atoms with Gasteiger partial charge >= 0.3 is 0 Å². The first-order valence-electron chi connectivity index (χ1n) is 6.35. The van der Waals surface area contributed by atoms with E-state index in [2.05, 4.69) is 23.5 Å². The molecule has 1 N–H and O–H groups in total. The summed E-state index contributed by atoms with van der Waals surface area (Å²) in [6.07, 6.45) is 3.40. The van der Waals surface area contributed by atoms with Gasteiger partial charge in [-0.3, -0.25) is 4.79 Å². The minimum Gasteiger partial charge on any atom is -0.371 e. The van der Waals surface area contributed by atoms with Crippen molar-refractivity contribution in [1.82, 2.24) is 9.69 Å². The summed E-state index contributed by atoms with van der Waals surface area (Å²) in [5.41, 5.74) is 1.41. The van der Waals surface area contributed by atoms with E-state index in [9.17, 15) is 4.79 Å². The number of ether oxygens (including phenoxy) is 1. The van der Waals surface area contributed by atoms with E-state index in [4.69, 9.17) is 4.74 Å². The molecule has 1 atom stereocenters. The number of carbonyl (C=O) groups excluding carboxylic acids is 1. The molecule has 2 heterocycles. The molecule has 1 fully saturated rings. The van der Waals surface area contributed by atoms with Crippen molar-refractivity contribution >= 4 is 17.4 Å². The van der Waals surface area contributed by atoms with Gasteiger partial charge in [-0.1, -0.05) is 0 Å². The lowest BCUT2D eigenvalue weighted by molar-refractivity contribution is -0.104. The number of hydrogen-bond acceptors (Lipinski definition) is 4. The Labute approximate surface area is 112 Å². The zero-order chi connectivity index (χ0) is 13.2. The third kappa shape index (κ3) is 3.29. The van der Waals surface area contributed by atoms with Crippen LogP contribution in [0.5, 0.6) is 0 Å². The fraction of sp³-hybridized carbons (Fsp3) is 0.692. The van der Waals surface area contributed by atoms with Crippen LogP contribution in [-0.4, -0.2) is 28.5 Å². The van der Waals surface area contributed by atoms with Crippen molar-refractivity contribution < 1.29 is 9.53 Å². The number of aryl methyl sites for hydroxylation is 1. The van der Waals surface area contributed by atoms with E-state index >= 15 is 0 Å². The molecule has 1 saturated heterocycles. The molecular weight excluding hydrogens is 248 g/mol. The number of nitrogens with one attached hydrogen (secondary N) is 1. The zero-order valence-electron chi connectivity index (χ0n) is 11.2. The van der Waals surface area contributed by atoms with Crippen molar-refractivity contribution in [1.29, 1.82) is 0 Å². The fourth-order valence-corrected chi connectivity index (χ4v) is 2.97. The van der Waals surface area contributed by atoms with E-state index in [1.807, 2.05) is 6.92 Å². The smallest absolute Gasteiger partial charge is 0.254 e. The molecule has 0 radical (unpaired) electrons. The monoisotopic (exact) mass is 268 g/mol. The highest BCUT2D eigenvalue weighted by molar-refractivity contribution is 7.03. The van der Waals surface area contributed by atoms with Gasteiger partial charge in [-0.25, -0.2) is 0 Å². The molecule has 0 aromatic carbocycles. The standard InChI is InChI=1S/C13H20N2O2S/c1-9-11(8-18-15-9)12(16)14-7-10-5-4-6-13(2,3)17-10/h8,10H,4-7H2,1-3H3,(H,14,16). The first-order chi connectivity index (χ1) is 8.48. The summed E-state index contributed by atoms with van der Waals surface area (Å²) < 4.78 is 10.0. The minimum absolute atomic E-state index is 0.0479. The second-order valence-corrected chi connectivity index (χ2v) is 6.04. The van der Waals surface area contributed by atoms with Gasteiger partial charge in [-0.05, 0) is 51.6 Å². The zero-order valence-corrected chi connectivity index (χ0v) is 12.0. The molecule has 1 aromatic heterocycles. The maximum absolute atomic E-state index is 11.9. The van der Waals surface area contributed by atoms with Crippen LogP contribution in [0.3, 0.4) is 0 Å². The Morgan fingerprint density at radius 3 is 3.06 bits per heavy atom. The number of nitrogens with zero attached hydrogens (tertiary/aromatic N) is 1. The van der Waals surface area contributed by atoms with Crippen LogP contribution >= 0.6 is 11.5 Å². The van der Waals surface area contributed by atoms with E-state index in [-0.39, 0.29) is 17.6 Å². The second-order valence-electron chi connectivity index (χ2n) is 5.42. The molecule has 4 nitrogen and oxygen atoms in total. The molecule has 1 aromatic rings. The molecule has 2 rings (SSSR count). The third-order valence-corrected chi connectivity index (χ3v) is 4.00. The molecule has 5 heteroatoms. The highest BCUT2D eigenvalue weighted by Crippen LogP contribution is 2.27. The first kappa shape index (κ1) is 13.5. The van der Waals surface area contributed by atoms with Gasteiger partial charge in [0.15, 0.2) is 0 Å². The van der Waals surface area contributed by atoms with Crippen LogP contribution in [-0.2, 0) is 4.74 Å². The Kier molecular flexibility index (Phi) is 4.02. The van der Waals surface area contributed by atoms with E-state index in [0.29, 0.717) is 12.1 Å². The van der Waals surface area contributed by atoms with E-state index in [1.54, 1.807) is 5.38 Å². The summed E-state index contributed by atoms with van der Waals surface area (Å²) in [6, 6.07) is 0. The van der Waals surface area contributed by atoms with Crippen LogP contribution in [0.25, 0.3) is 0 Å². The van der Waals surface area contributed by atoms with Gasteiger partial charge in [0.1, 0.15) is 0 Å². The number of carbonyl (C=O) groups is 1. The van der Waals surface area contributed by atoms with Gasteiger partial charge in [0.2, 0.25) is 0 Å². The predicted molar refractivity (Wildman–Crippen MR) is 72.0 cm³/mol. The lowest BCUT2D eigenvalue weighted by atomic mass is 9.95. The summed E-state index contributed by atoms with van der Waals surface area (Å²) in [4.78, 5) is 11.9. The average molecular weight is 268 g/mol. The third-order valence-electron chi connectivity index (χ3n) is 3.28. The molecule has 1 aliphatic rings. The van der Waals surface area contributed by atoms with Crippen molar-refractivity contribution in [2.75, 3.05) is 6.54 Å². The van der Waals surface area contributed by atoms with Crippen molar-refractivity contribution in [3.8, 4) is 0 Å². The summed E-state index contributed by atoms with van der Waals surface area (Å²) >= 11 is 1.31. The van der Waals surface area contributed by atoms with Crippen LogP contribution in [0.1, 0.15) is 49.2 Å².